The first-order chi connectivity index (χ1) is 8.28. The highest BCUT2D eigenvalue weighted by molar-refractivity contribution is 9.10. The van der Waals surface area contributed by atoms with E-state index in [1.54, 1.807) is 5.57 Å². The zero-order valence-corrected chi connectivity index (χ0v) is 12.7. The molecule has 3 heteroatoms. The molecule has 1 unspecified atom stereocenters. The number of likely N-dealkylation sites (N-methyl/N-ethyl adjacent to an activating group) is 1. The van der Waals surface area contributed by atoms with E-state index < -0.39 is 0 Å². The van der Waals surface area contributed by atoms with Crippen molar-refractivity contribution in [1.29, 1.82) is 0 Å². The van der Waals surface area contributed by atoms with E-state index in [0.717, 1.165) is 6.42 Å². The standard InChI is InChI=1S/C14H20BrNS/c1-16-13(7-11-5-3-2-4-6-11)9-14-8-12(15)10-17-14/h5,8,10,13,16H,2-4,6-7,9H2,1H3. The van der Waals surface area contributed by atoms with Crippen molar-refractivity contribution in [2.24, 2.45) is 0 Å². The van der Waals surface area contributed by atoms with Crippen molar-refractivity contribution < 1.29 is 0 Å². The lowest BCUT2D eigenvalue weighted by Gasteiger charge is -2.19. The van der Waals surface area contributed by atoms with Crippen molar-refractivity contribution >= 4 is 27.3 Å². The van der Waals surface area contributed by atoms with E-state index in [1.807, 2.05) is 11.3 Å². The summed E-state index contributed by atoms with van der Waals surface area (Å²) in [5, 5.41) is 5.63. The minimum Gasteiger partial charge on any atom is -0.316 e. The molecule has 1 aromatic heterocycles. The van der Waals surface area contributed by atoms with Gasteiger partial charge < -0.3 is 5.32 Å². The van der Waals surface area contributed by atoms with Crippen molar-refractivity contribution in [3.63, 3.8) is 0 Å². The predicted octanol–water partition coefficient (Wildman–Crippen LogP) is 4.53. The summed E-state index contributed by atoms with van der Waals surface area (Å²) in [6.07, 6.45) is 10.2. The van der Waals surface area contributed by atoms with Gasteiger partial charge in [0.1, 0.15) is 0 Å². The Bertz CT molecular complexity index is 383. The number of halogens is 1. The van der Waals surface area contributed by atoms with Crippen molar-refractivity contribution in [3.05, 3.63) is 32.4 Å². The second-order valence-corrected chi connectivity index (χ2v) is 6.64. The maximum Gasteiger partial charge on any atom is 0.0285 e. The summed E-state index contributed by atoms with van der Waals surface area (Å²) in [5.41, 5.74) is 1.66. The fourth-order valence-electron chi connectivity index (χ4n) is 2.39. The number of hydrogen-bond donors (Lipinski definition) is 1. The summed E-state index contributed by atoms with van der Waals surface area (Å²) in [6.45, 7) is 0. The van der Waals surface area contributed by atoms with E-state index in [9.17, 15) is 0 Å². The molecule has 0 aromatic carbocycles. The van der Waals surface area contributed by atoms with Crippen molar-refractivity contribution in [3.8, 4) is 0 Å². The molecule has 1 aromatic rings. The van der Waals surface area contributed by atoms with Crippen LogP contribution in [0.15, 0.2) is 27.6 Å². The van der Waals surface area contributed by atoms with Crippen LogP contribution in [-0.2, 0) is 6.42 Å². The zero-order chi connectivity index (χ0) is 12.1. The van der Waals surface area contributed by atoms with Crippen LogP contribution in [0.3, 0.4) is 0 Å². The van der Waals surface area contributed by atoms with Gasteiger partial charge in [0, 0.05) is 20.8 Å². The molecule has 0 fully saturated rings. The van der Waals surface area contributed by atoms with Crippen LogP contribution >= 0.6 is 27.3 Å². The lowest BCUT2D eigenvalue weighted by Crippen LogP contribution is -2.28. The van der Waals surface area contributed by atoms with Gasteiger partial charge in [-0.05, 0) is 67.6 Å². The van der Waals surface area contributed by atoms with Crippen LogP contribution in [0, 0.1) is 0 Å². The van der Waals surface area contributed by atoms with Crippen molar-refractivity contribution in [2.45, 2.75) is 44.6 Å². The second kappa shape index (κ2) is 6.72. The van der Waals surface area contributed by atoms with Crippen LogP contribution in [-0.4, -0.2) is 13.1 Å². The summed E-state index contributed by atoms with van der Waals surface area (Å²) < 4.78 is 1.21. The van der Waals surface area contributed by atoms with Gasteiger partial charge in [0.2, 0.25) is 0 Å². The fourth-order valence-corrected chi connectivity index (χ4v) is 3.92. The molecular weight excluding hydrogens is 294 g/mol. The van der Waals surface area contributed by atoms with E-state index in [1.165, 1.54) is 41.5 Å². The summed E-state index contributed by atoms with van der Waals surface area (Å²) in [5.74, 6) is 0. The number of allylic oxidation sites excluding steroid dienone is 1. The first kappa shape index (κ1) is 13.3. The van der Waals surface area contributed by atoms with E-state index in [-0.39, 0.29) is 0 Å². The Morgan fingerprint density at radius 1 is 1.41 bits per heavy atom. The quantitative estimate of drug-likeness (QED) is 0.787. The third kappa shape index (κ3) is 4.23. The molecule has 1 nitrogen and oxygen atoms in total. The molecule has 2 rings (SSSR count). The monoisotopic (exact) mass is 313 g/mol. The fraction of sp³-hybridized carbons (Fsp3) is 0.571. The smallest absolute Gasteiger partial charge is 0.0285 e. The molecule has 1 atom stereocenters. The molecular formula is C14H20BrNS. The largest absolute Gasteiger partial charge is 0.316 e. The Balaban J connectivity index is 1.90. The van der Waals surface area contributed by atoms with Crippen LogP contribution < -0.4 is 5.32 Å². The SMILES string of the molecule is CNC(CC1=CCCCC1)Cc1cc(Br)cs1. The lowest BCUT2D eigenvalue weighted by molar-refractivity contribution is 0.535. The van der Waals surface area contributed by atoms with Gasteiger partial charge >= 0.3 is 0 Å². The molecule has 0 saturated heterocycles. The first-order valence-corrected chi connectivity index (χ1v) is 8.03. The molecule has 0 bridgehead atoms. The van der Waals surface area contributed by atoms with Crippen LogP contribution in [0.1, 0.15) is 37.0 Å². The minimum absolute atomic E-state index is 0.588. The summed E-state index contributed by atoms with van der Waals surface area (Å²) in [4.78, 5) is 1.47. The molecule has 0 aliphatic heterocycles. The van der Waals surface area contributed by atoms with Gasteiger partial charge in [0.25, 0.3) is 0 Å². The molecule has 0 saturated carbocycles. The third-order valence-electron chi connectivity index (χ3n) is 3.37. The highest BCUT2D eigenvalue weighted by atomic mass is 79.9. The summed E-state index contributed by atoms with van der Waals surface area (Å²) in [7, 11) is 2.08. The molecule has 1 heterocycles. The topological polar surface area (TPSA) is 12.0 Å². The summed E-state index contributed by atoms with van der Waals surface area (Å²) in [6, 6.07) is 2.83. The molecule has 1 aliphatic carbocycles. The van der Waals surface area contributed by atoms with Gasteiger partial charge in [0.05, 0.1) is 0 Å². The first-order valence-electron chi connectivity index (χ1n) is 6.36. The minimum atomic E-state index is 0.588. The number of rotatable bonds is 5. The van der Waals surface area contributed by atoms with Crippen LogP contribution in [0.5, 0.6) is 0 Å². The molecule has 0 radical (unpaired) electrons. The predicted molar refractivity (Wildman–Crippen MR) is 79.7 cm³/mol. The third-order valence-corrected chi connectivity index (χ3v) is 5.09. The van der Waals surface area contributed by atoms with Gasteiger partial charge in [0.15, 0.2) is 0 Å². The highest BCUT2D eigenvalue weighted by Crippen LogP contribution is 2.25. The van der Waals surface area contributed by atoms with Gasteiger partial charge in [-0.1, -0.05) is 11.6 Å². The molecule has 0 amide bonds. The molecule has 94 valence electrons. The van der Waals surface area contributed by atoms with E-state index in [4.69, 9.17) is 0 Å². The Morgan fingerprint density at radius 2 is 2.29 bits per heavy atom. The second-order valence-electron chi connectivity index (χ2n) is 4.73. The maximum atomic E-state index is 3.52. The Morgan fingerprint density at radius 3 is 2.88 bits per heavy atom. The molecule has 0 spiro atoms. The Labute approximate surface area is 116 Å². The van der Waals surface area contributed by atoms with Crippen molar-refractivity contribution in [1.82, 2.24) is 5.32 Å². The molecule has 1 aliphatic rings. The average molecular weight is 314 g/mol. The normalized spacial score (nSPS) is 17.9. The van der Waals surface area contributed by atoms with Gasteiger partial charge in [-0.3, -0.25) is 0 Å². The van der Waals surface area contributed by atoms with Gasteiger partial charge in [-0.25, -0.2) is 0 Å². The van der Waals surface area contributed by atoms with Crippen molar-refractivity contribution in [2.75, 3.05) is 7.05 Å². The number of nitrogens with one attached hydrogen (secondary N) is 1. The summed E-state index contributed by atoms with van der Waals surface area (Å²) >= 11 is 5.37. The van der Waals surface area contributed by atoms with Crippen LogP contribution in [0.4, 0.5) is 0 Å². The van der Waals surface area contributed by atoms with E-state index in [0.29, 0.717) is 6.04 Å². The number of hydrogen-bond acceptors (Lipinski definition) is 2. The van der Waals surface area contributed by atoms with E-state index in [2.05, 4.69) is 45.8 Å². The van der Waals surface area contributed by atoms with Gasteiger partial charge in [-0.2, -0.15) is 0 Å². The molecule has 1 N–H and O–H groups in total. The molecule has 17 heavy (non-hydrogen) atoms. The van der Waals surface area contributed by atoms with Gasteiger partial charge in [-0.15, -0.1) is 11.3 Å². The van der Waals surface area contributed by atoms with Crippen LogP contribution in [0.25, 0.3) is 0 Å². The zero-order valence-electron chi connectivity index (χ0n) is 10.3. The Kier molecular flexibility index (Phi) is 5.26. The number of thiophene rings is 1. The maximum absolute atomic E-state index is 3.52. The average Bonchev–Trinajstić information content (AvgIpc) is 2.75. The van der Waals surface area contributed by atoms with E-state index >= 15 is 0 Å². The highest BCUT2D eigenvalue weighted by Gasteiger charge is 2.12. The lowest BCUT2D eigenvalue weighted by atomic mass is 9.93. The Hall–Kier alpha value is -0.120. The van der Waals surface area contributed by atoms with Crippen LogP contribution in [0.2, 0.25) is 0 Å².